The first-order valence-electron chi connectivity index (χ1n) is 14.2. The number of hydrogen-bond acceptors (Lipinski definition) is 8. The fraction of sp³-hybridized carbons (Fsp3) is 0.552. The summed E-state index contributed by atoms with van der Waals surface area (Å²) in [7, 11) is 1.79. The van der Waals surface area contributed by atoms with Crippen LogP contribution in [-0.2, 0) is 14.8 Å². The van der Waals surface area contributed by atoms with Crippen molar-refractivity contribution in [2.24, 2.45) is 5.41 Å². The molecule has 2 aromatic rings. The highest BCUT2D eigenvalue weighted by Crippen LogP contribution is 2.41. The van der Waals surface area contributed by atoms with Crippen molar-refractivity contribution in [1.82, 2.24) is 19.5 Å². The number of aromatic nitrogens is 1. The smallest absolute Gasteiger partial charge is 0.407 e. The van der Waals surface area contributed by atoms with Crippen LogP contribution in [0.1, 0.15) is 40.5 Å². The zero-order chi connectivity index (χ0) is 31.0. The second-order valence-electron chi connectivity index (χ2n) is 12.4. The van der Waals surface area contributed by atoms with Gasteiger partial charge in [-0.3, -0.25) is 4.79 Å². The highest BCUT2D eigenvalue weighted by atomic mass is 32.2. The van der Waals surface area contributed by atoms with Crippen LogP contribution in [0.4, 0.5) is 27.8 Å². The van der Waals surface area contributed by atoms with Gasteiger partial charge < -0.3 is 30.0 Å². The van der Waals surface area contributed by atoms with Crippen molar-refractivity contribution >= 4 is 45.0 Å². The Bertz CT molecular complexity index is 1430. The molecule has 2 unspecified atom stereocenters. The molecule has 13 heteroatoms. The Morgan fingerprint density at radius 3 is 2.55 bits per heavy atom. The summed E-state index contributed by atoms with van der Waals surface area (Å²) >= 11 is 0. The number of amides is 2. The minimum atomic E-state index is -3.69. The van der Waals surface area contributed by atoms with Crippen LogP contribution in [0, 0.1) is 5.41 Å². The minimum absolute atomic E-state index is 0.0577. The number of sulfonamides is 1. The first-order valence-corrected chi connectivity index (χ1v) is 15.7. The van der Waals surface area contributed by atoms with Crippen LogP contribution < -0.4 is 19.8 Å². The molecule has 2 aliphatic heterocycles. The molecule has 4 rings (SSSR count). The second-order valence-corrected chi connectivity index (χ2v) is 14.2. The van der Waals surface area contributed by atoms with Crippen molar-refractivity contribution in [3.63, 3.8) is 0 Å². The number of pyridine rings is 1. The first-order chi connectivity index (χ1) is 19.6. The Hall–Kier alpha value is -3.42. The van der Waals surface area contributed by atoms with Crippen molar-refractivity contribution in [3.05, 3.63) is 36.4 Å². The first kappa shape index (κ1) is 31.5. The van der Waals surface area contributed by atoms with Gasteiger partial charge in [0.05, 0.1) is 10.6 Å². The van der Waals surface area contributed by atoms with E-state index < -0.39 is 22.2 Å². The number of nitrogens with one attached hydrogen (secondary N) is 2. The fourth-order valence-electron chi connectivity index (χ4n) is 5.78. The zero-order valence-corrected chi connectivity index (χ0v) is 26.3. The molecule has 2 amide bonds. The van der Waals surface area contributed by atoms with Gasteiger partial charge in [0.2, 0.25) is 15.9 Å². The van der Waals surface area contributed by atoms with E-state index in [4.69, 9.17) is 4.98 Å². The summed E-state index contributed by atoms with van der Waals surface area (Å²) in [6.45, 7) is 9.21. The molecular weight excluding hydrogens is 558 g/mol. The van der Waals surface area contributed by atoms with E-state index in [1.54, 1.807) is 42.3 Å². The Kier molecular flexibility index (Phi) is 9.05. The van der Waals surface area contributed by atoms with Gasteiger partial charge in [-0.25, -0.2) is 22.9 Å². The number of likely N-dealkylation sites (tertiary alicyclic amines) is 1. The van der Waals surface area contributed by atoms with Crippen molar-refractivity contribution in [3.8, 4) is 0 Å². The lowest BCUT2D eigenvalue weighted by Gasteiger charge is -2.50. The standard InChI is InChI=1S/C29H43N7O5S/c1-19-27(37)34(7)23-11-12-25(31-20-9-8-10-22(17-20)42(40,41)30-14-16-33(5)6)32-26(23)36(19)21-13-15-35(28(38)39)24(18-21)29(2,3)4/h8-12,17,19,21,24,30H,13-16,18H2,1-7H3,(H,31,32)(H,38,39)/t19-,21?,24?/m1/s1. The predicted molar refractivity (Wildman–Crippen MR) is 164 cm³/mol. The summed E-state index contributed by atoms with van der Waals surface area (Å²) in [5.74, 6) is 1.07. The van der Waals surface area contributed by atoms with Gasteiger partial charge in [0.25, 0.3) is 0 Å². The highest BCUT2D eigenvalue weighted by molar-refractivity contribution is 7.89. The largest absolute Gasteiger partial charge is 0.465 e. The Morgan fingerprint density at radius 2 is 1.90 bits per heavy atom. The summed E-state index contributed by atoms with van der Waals surface area (Å²) in [5.41, 5.74) is 0.932. The molecule has 230 valence electrons. The third-order valence-electron chi connectivity index (χ3n) is 8.05. The van der Waals surface area contributed by atoms with E-state index in [-0.39, 0.29) is 28.3 Å². The molecule has 0 radical (unpaired) electrons. The quantitative estimate of drug-likeness (QED) is 0.416. The van der Waals surface area contributed by atoms with Crippen LogP contribution in [-0.4, -0.2) is 99.2 Å². The molecule has 12 nitrogen and oxygen atoms in total. The number of carbonyl (C=O) groups excluding carboxylic acids is 1. The maximum atomic E-state index is 13.3. The minimum Gasteiger partial charge on any atom is -0.465 e. The van der Waals surface area contributed by atoms with Gasteiger partial charge in [-0.15, -0.1) is 0 Å². The van der Waals surface area contributed by atoms with E-state index in [1.807, 2.05) is 57.7 Å². The molecule has 0 aliphatic carbocycles. The van der Waals surface area contributed by atoms with Crippen molar-refractivity contribution in [1.29, 1.82) is 0 Å². The topological polar surface area (TPSA) is 138 Å². The number of carbonyl (C=O) groups is 2. The molecule has 0 saturated carbocycles. The normalized spacial score (nSPS) is 21.5. The molecule has 42 heavy (non-hydrogen) atoms. The van der Waals surface area contributed by atoms with Gasteiger partial charge in [0.15, 0.2) is 5.82 Å². The number of anilines is 4. The van der Waals surface area contributed by atoms with E-state index in [0.717, 1.165) is 0 Å². The third-order valence-corrected chi connectivity index (χ3v) is 9.51. The lowest BCUT2D eigenvalue weighted by molar-refractivity contribution is -0.119. The van der Waals surface area contributed by atoms with Crippen molar-refractivity contribution < 1.29 is 23.1 Å². The maximum Gasteiger partial charge on any atom is 0.407 e. The molecule has 0 spiro atoms. The predicted octanol–water partition coefficient (Wildman–Crippen LogP) is 3.39. The van der Waals surface area contributed by atoms with Crippen LogP contribution >= 0.6 is 0 Å². The van der Waals surface area contributed by atoms with Gasteiger partial charge in [0, 0.05) is 44.5 Å². The number of fused-ring (bicyclic) bond motifs is 1. The van der Waals surface area contributed by atoms with Gasteiger partial charge >= 0.3 is 6.09 Å². The van der Waals surface area contributed by atoms with Gasteiger partial charge in [-0.2, -0.15) is 0 Å². The zero-order valence-electron chi connectivity index (χ0n) is 25.5. The molecule has 1 saturated heterocycles. The molecule has 2 aliphatic rings. The van der Waals surface area contributed by atoms with Crippen LogP contribution in [0.25, 0.3) is 0 Å². The maximum absolute atomic E-state index is 13.3. The SMILES string of the molecule is C[C@@H]1C(=O)N(C)c2ccc(Nc3cccc(S(=O)(=O)NCCN(C)C)c3)nc2N1C1CCN(C(=O)O)C(C(C)(C)C)C1. The number of carboxylic acid groups (broad SMARTS) is 1. The average Bonchev–Trinajstić information content (AvgIpc) is 2.91. The molecular formula is C29H43N7O5S. The number of piperidine rings is 1. The van der Waals surface area contributed by atoms with Crippen molar-refractivity contribution in [2.45, 2.75) is 63.6 Å². The summed E-state index contributed by atoms with van der Waals surface area (Å²) in [4.78, 5) is 37.4. The lowest BCUT2D eigenvalue weighted by Crippen LogP contribution is -2.61. The number of likely N-dealkylation sites (N-methyl/N-ethyl adjacent to an activating group) is 2. The van der Waals surface area contributed by atoms with Gasteiger partial charge in [-0.05, 0) is 69.6 Å². The van der Waals surface area contributed by atoms with E-state index in [2.05, 4.69) is 10.0 Å². The average molecular weight is 602 g/mol. The summed E-state index contributed by atoms with van der Waals surface area (Å²) in [5, 5.41) is 13.1. The molecule has 3 N–H and O–H groups in total. The molecule has 1 fully saturated rings. The Balaban J connectivity index is 1.64. The third kappa shape index (κ3) is 6.63. The molecule has 3 heterocycles. The van der Waals surface area contributed by atoms with E-state index in [0.29, 0.717) is 55.5 Å². The van der Waals surface area contributed by atoms with Crippen molar-refractivity contribution in [2.75, 3.05) is 55.9 Å². The van der Waals surface area contributed by atoms with E-state index in [9.17, 15) is 23.1 Å². The summed E-state index contributed by atoms with van der Waals surface area (Å²) in [6, 6.07) is 9.33. The Labute approximate surface area is 248 Å². The van der Waals surface area contributed by atoms with Gasteiger partial charge in [0.1, 0.15) is 11.9 Å². The molecule has 0 bridgehead atoms. The van der Waals surface area contributed by atoms with Crippen LogP contribution in [0.3, 0.4) is 0 Å². The fourth-order valence-corrected chi connectivity index (χ4v) is 6.84. The monoisotopic (exact) mass is 601 g/mol. The molecule has 3 atom stereocenters. The summed E-state index contributed by atoms with van der Waals surface area (Å²) in [6.07, 6.45) is 0.203. The second kappa shape index (κ2) is 12.1. The number of benzene rings is 1. The van der Waals surface area contributed by atoms with Gasteiger partial charge in [-0.1, -0.05) is 26.8 Å². The number of nitrogens with zero attached hydrogens (tertiary/aromatic N) is 5. The van der Waals surface area contributed by atoms with E-state index >= 15 is 0 Å². The number of rotatable bonds is 8. The highest BCUT2D eigenvalue weighted by Gasteiger charge is 2.45. The lowest BCUT2D eigenvalue weighted by atomic mass is 9.78. The number of hydrogen-bond donors (Lipinski definition) is 3. The van der Waals surface area contributed by atoms with E-state index in [1.165, 1.54) is 4.90 Å². The van der Waals surface area contributed by atoms with Crippen LogP contribution in [0.15, 0.2) is 41.3 Å². The molecule has 1 aromatic heterocycles. The van der Waals surface area contributed by atoms with Crippen LogP contribution in [0.2, 0.25) is 0 Å². The molecule has 1 aromatic carbocycles. The Morgan fingerprint density at radius 1 is 1.19 bits per heavy atom. The van der Waals surface area contributed by atoms with Crippen LogP contribution in [0.5, 0.6) is 0 Å². The summed E-state index contributed by atoms with van der Waals surface area (Å²) < 4.78 is 28.3.